The van der Waals surface area contributed by atoms with Crippen molar-refractivity contribution in [2.24, 2.45) is 0 Å². The molecule has 106 valence electrons. The van der Waals surface area contributed by atoms with Crippen molar-refractivity contribution in [2.75, 3.05) is 24.5 Å². The number of aromatic nitrogens is 1. The standard InChI is InChI=1S/C16H21N3S/c1-2-18-16(15-17-10-13-20-15)8-11-19(12-9-16)14-6-4-3-5-7-14/h3-7,10,13,18H,2,8-9,11-12H2,1H3. The van der Waals surface area contributed by atoms with Crippen LogP contribution < -0.4 is 10.2 Å². The minimum absolute atomic E-state index is 0.0776. The highest BCUT2D eigenvalue weighted by Gasteiger charge is 2.37. The van der Waals surface area contributed by atoms with Crippen LogP contribution in [0.1, 0.15) is 24.8 Å². The van der Waals surface area contributed by atoms with E-state index in [1.54, 1.807) is 11.3 Å². The molecule has 1 aromatic heterocycles. The summed E-state index contributed by atoms with van der Waals surface area (Å²) in [6.07, 6.45) is 4.15. The predicted octanol–water partition coefficient (Wildman–Crippen LogP) is 3.25. The molecule has 0 amide bonds. The molecule has 0 saturated carbocycles. The molecule has 0 radical (unpaired) electrons. The maximum Gasteiger partial charge on any atom is 0.113 e. The molecular formula is C16H21N3S. The van der Waals surface area contributed by atoms with Gasteiger partial charge in [-0.1, -0.05) is 25.1 Å². The summed E-state index contributed by atoms with van der Waals surface area (Å²) in [7, 11) is 0. The highest BCUT2D eigenvalue weighted by molar-refractivity contribution is 7.09. The van der Waals surface area contributed by atoms with Crippen molar-refractivity contribution in [1.29, 1.82) is 0 Å². The summed E-state index contributed by atoms with van der Waals surface area (Å²) >= 11 is 1.77. The van der Waals surface area contributed by atoms with Crippen LogP contribution in [0.3, 0.4) is 0 Å². The Labute approximate surface area is 124 Å². The fourth-order valence-electron chi connectivity index (χ4n) is 3.05. The van der Waals surface area contributed by atoms with Gasteiger partial charge >= 0.3 is 0 Å². The molecule has 0 bridgehead atoms. The molecule has 1 fully saturated rings. The lowest BCUT2D eigenvalue weighted by molar-refractivity contribution is 0.267. The van der Waals surface area contributed by atoms with E-state index in [9.17, 15) is 0 Å². The van der Waals surface area contributed by atoms with Crippen LogP contribution in [0, 0.1) is 0 Å². The van der Waals surface area contributed by atoms with Gasteiger partial charge in [0.1, 0.15) is 5.01 Å². The van der Waals surface area contributed by atoms with Crippen molar-refractivity contribution < 1.29 is 0 Å². The summed E-state index contributed by atoms with van der Waals surface area (Å²) in [5.74, 6) is 0. The number of hydrogen-bond donors (Lipinski definition) is 1. The number of nitrogens with zero attached hydrogens (tertiary/aromatic N) is 2. The van der Waals surface area contributed by atoms with E-state index in [4.69, 9.17) is 0 Å². The van der Waals surface area contributed by atoms with E-state index in [-0.39, 0.29) is 5.54 Å². The number of piperidine rings is 1. The second kappa shape index (κ2) is 5.94. The highest BCUT2D eigenvalue weighted by Crippen LogP contribution is 2.35. The zero-order valence-electron chi connectivity index (χ0n) is 11.9. The third-order valence-electron chi connectivity index (χ3n) is 4.10. The first kappa shape index (κ1) is 13.6. The van der Waals surface area contributed by atoms with Crippen molar-refractivity contribution in [3.63, 3.8) is 0 Å². The molecule has 1 N–H and O–H groups in total. The molecule has 0 spiro atoms. The molecule has 20 heavy (non-hydrogen) atoms. The largest absolute Gasteiger partial charge is 0.371 e. The number of anilines is 1. The Bertz CT molecular complexity index is 516. The lowest BCUT2D eigenvalue weighted by Gasteiger charge is -2.42. The Morgan fingerprint density at radius 1 is 1.25 bits per heavy atom. The fraction of sp³-hybridized carbons (Fsp3) is 0.438. The number of rotatable bonds is 4. The van der Waals surface area contributed by atoms with Crippen molar-refractivity contribution in [3.05, 3.63) is 46.9 Å². The van der Waals surface area contributed by atoms with Crippen LogP contribution in [0.15, 0.2) is 41.9 Å². The van der Waals surface area contributed by atoms with Gasteiger partial charge in [-0.2, -0.15) is 0 Å². The molecule has 1 aromatic carbocycles. The predicted molar refractivity (Wildman–Crippen MR) is 85.4 cm³/mol. The Balaban J connectivity index is 1.75. The minimum Gasteiger partial charge on any atom is -0.371 e. The average molecular weight is 287 g/mol. The molecule has 4 heteroatoms. The fourth-order valence-corrected chi connectivity index (χ4v) is 3.92. The van der Waals surface area contributed by atoms with Crippen LogP contribution in [0.2, 0.25) is 0 Å². The number of benzene rings is 1. The molecule has 3 rings (SSSR count). The Morgan fingerprint density at radius 3 is 2.60 bits per heavy atom. The maximum atomic E-state index is 4.57. The normalized spacial score (nSPS) is 18.1. The molecule has 0 aliphatic carbocycles. The van der Waals surface area contributed by atoms with E-state index in [0.29, 0.717) is 0 Å². The summed E-state index contributed by atoms with van der Waals surface area (Å²) in [5, 5.41) is 7.02. The molecule has 0 unspecified atom stereocenters. The molecule has 1 aliphatic rings. The SMILES string of the molecule is CCNC1(c2nccs2)CCN(c2ccccc2)CC1. The third kappa shape index (κ3) is 2.58. The second-order valence-corrected chi connectivity index (χ2v) is 6.17. The van der Waals surface area contributed by atoms with E-state index in [0.717, 1.165) is 32.5 Å². The Hall–Kier alpha value is -1.39. The first-order valence-electron chi connectivity index (χ1n) is 7.29. The van der Waals surface area contributed by atoms with Crippen molar-refractivity contribution in [3.8, 4) is 0 Å². The molecule has 3 nitrogen and oxygen atoms in total. The minimum atomic E-state index is 0.0776. The number of thiazole rings is 1. The van der Waals surface area contributed by atoms with Crippen LogP contribution in [0.4, 0.5) is 5.69 Å². The van der Waals surface area contributed by atoms with E-state index in [2.05, 4.69) is 57.8 Å². The van der Waals surface area contributed by atoms with E-state index < -0.39 is 0 Å². The topological polar surface area (TPSA) is 28.2 Å². The van der Waals surface area contributed by atoms with E-state index in [1.807, 2.05) is 6.20 Å². The van der Waals surface area contributed by atoms with Crippen LogP contribution in [0.5, 0.6) is 0 Å². The highest BCUT2D eigenvalue weighted by atomic mass is 32.1. The van der Waals surface area contributed by atoms with Gasteiger partial charge in [0.15, 0.2) is 0 Å². The van der Waals surface area contributed by atoms with Gasteiger partial charge in [-0.05, 0) is 31.5 Å². The van der Waals surface area contributed by atoms with E-state index in [1.165, 1.54) is 10.7 Å². The molecular weight excluding hydrogens is 266 g/mol. The van der Waals surface area contributed by atoms with Crippen LogP contribution in [-0.4, -0.2) is 24.6 Å². The van der Waals surface area contributed by atoms with Gasteiger partial charge in [0.25, 0.3) is 0 Å². The van der Waals surface area contributed by atoms with Crippen molar-refractivity contribution >= 4 is 17.0 Å². The summed E-state index contributed by atoms with van der Waals surface area (Å²) in [5.41, 5.74) is 1.41. The van der Waals surface area contributed by atoms with Gasteiger partial charge in [-0.15, -0.1) is 11.3 Å². The van der Waals surface area contributed by atoms with Gasteiger partial charge in [-0.25, -0.2) is 4.98 Å². The van der Waals surface area contributed by atoms with Gasteiger partial charge < -0.3 is 10.2 Å². The Kier molecular flexibility index (Phi) is 4.03. The molecule has 1 aliphatic heterocycles. The zero-order chi connectivity index (χ0) is 13.8. The molecule has 2 aromatic rings. The van der Waals surface area contributed by atoms with Gasteiger partial charge in [0.05, 0.1) is 5.54 Å². The lowest BCUT2D eigenvalue weighted by atomic mass is 9.87. The zero-order valence-corrected chi connectivity index (χ0v) is 12.7. The van der Waals surface area contributed by atoms with Crippen molar-refractivity contribution in [2.45, 2.75) is 25.3 Å². The van der Waals surface area contributed by atoms with Crippen LogP contribution in [-0.2, 0) is 5.54 Å². The summed E-state index contributed by atoms with van der Waals surface area (Å²) in [4.78, 5) is 7.04. The molecule has 0 atom stereocenters. The number of hydrogen-bond acceptors (Lipinski definition) is 4. The first-order chi connectivity index (χ1) is 9.84. The maximum absolute atomic E-state index is 4.57. The summed E-state index contributed by atoms with van der Waals surface area (Å²) < 4.78 is 0. The average Bonchev–Trinajstić information content (AvgIpc) is 3.04. The summed E-state index contributed by atoms with van der Waals surface area (Å²) in [6, 6.07) is 10.7. The number of nitrogens with one attached hydrogen (secondary N) is 1. The first-order valence-corrected chi connectivity index (χ1v) is 8.17. The van der Waals surface area contributed by atoms with Gasteiger partial charge in [0.2, 0.25) is 0 Å². The quantitative estimate of drug-likeness (QED) is 0.935. The Morgan fingerprint density at radius 2 is 2.00 bits per heavy atom. The number of para-hydroxylation sites is 1. The van der Waals surface area contributed by atoms with Crippen molar-refractivity contribution in [1.82, 2.24) is 10.3 Å². The smallest absolute Gasteiger partial charge is 0.113 e. The van der Waals surface area contributed by atoms with Crippen LogP contribution >= 0.6 is 11.3 Å². The van der Waals surface area contributed by atoms with Gasteiger partial charge in [0, 0.05) is 30.4 Å². The third-order valence-corrected chi connectivity index (χ3v) is 5.07. The van der Waals surface area contributed by atoms with Gasteiger partial charge in [-0.3, -0.25) is 0 Å². The summed E-state index contributed by atoms with van der Waals surface area (Å²) in [6.45, 7) is 5.33. The molecule has 1 saturated heterocycles. The van der Waals surface area contributed by atoms with Crippen LogP contribution in [0.25, 0.3) is 0 Å². The monoisotopic (exact) mass is 287 g/mol. The lowest BCUT2D eigenvalue weighted by Crippen LogP contribution is -2.51. The molecule has 2 heterocycles. The second-order valence-electron chi connectivity index (χ2n) is 5.27. The van der Waals surface area contributed by atoms with E-state index >= 15 is 0 Å².